The molecule has 3 aromatic rings. The minimum atomic E-state index is -4.61. The van der Waals surface area contributed by atoms with E-state index in [1.807, 2.05) is 0 Å². The molecule has 13 heteroatoms. The number of benzene rings is 2. The topological polar surface area (TPSA) is 139 Å². The van der Waals surface area contributed by atoms with Gasteiger partial charge >= 0.3 is 18.2 Å². The number of halogens is 3. The van der Waals surface area contributed by atoms with Gasteiger partial charge in [-0.05, 0) is 29.8 Å². The van der Waals surface area contributed by atoms with Crippen molar-refractivity contribution in [2.24, 2.45) is 0 Å². The van der Waals surface area contributed by atoms with Crippen molar-refractivity contribution < 1.29 is 37.7 Å². The number of hydrogen-bond acceptors (Lipinski definition) is 10. The van der Waals surface area contributed by atoms with Crippen molar-refractivity contribution in [3.05, 3.63) is 53.6 Å². The number of nitrogens with one attached hydrogen (secondary N) is 2. The van der Waals surface area contributed by atoms with E-state index in [1.165, 1.54) is 30.3 Å². The van der Waals surface area contributed by atoms with Gasteiger partial charge in [0, 0.05) is 18.3 Å². The number of ether oxygens (including phenoxy) is 2. The zero-order valence-corrected chi connectivity index (χ0v) is 17.1. The lowest BCUT2D eigenvalue weighted by Crippen LogP contribution is -2.21. The number of aromatic hydroxyl groups is 2. The average molecular weight is 465 g/mol. The Balaban J connectivity index is 1.83. The third-order valence-corrected chi connectivity index (χ3v) is 4.00. The summed E-state index contributed by atoms with van der Waals surface area (Å²) in [6.07, 6.45) is -4.61. The van der Waals surface area contributed by atoms with Crippen molar-refractivity contribution in [2.75, 3.05) is 24.4 Å². The van der Waals surface area contributed by atoms with Gasteiger partial charge in [0.1, 0.15) is 17.1 Å². The summed E-state index contributed by atoms with van der Waals surface area (Å²) in [6.45, 7) is -1.47. The highest BCUT2D eigenvalue weighted by atomic mass is 19.4. The van der Waals surface area contributed by atoms with E-state index in [2.05, 4.69) is 35.1 Å². The molecule has 1 heterocycles. The smallest absolute Gasteiger partial charge is 0.422 e. The zero-order valence-electron chi connectivity index (χ0n) is 17.1. The first-order valence-corrected chi connectivity index (χ1v) is 9.29. The molecule has 0 bridgehead atoms. The van der Waals surface area contributed by atoms with Crippen molar-refractivity contribution in [1.29, 1.82) is 0 Å². The molecule has 0 spiro atoms. The molecular formula is C20H18F3N5O5. The summed E-state index contributed by atoms with van der Waals surface area (Å²) < 4.78 is 46.8. The quantitative estimate of drug-likeness (QED) is 0.366. The highest BCUT2D eigenvalue weighted by Crippen LogP contribution is 2.25. The van der Waals surface area contributed by atoms with Crippen LogP contribution in [0.15, 0.2) is 42.5 Å². The van der Waals surface area contributed by atoms with Crippen LogP contribution < -0.4 is 15.4 Å². The summed E-state index contributed by atoms with van der Waals surface area (Å²) in [6, 6.07) is 9.58. The molecule has 0 atom stereocenters. The van der Waals surface area contributed by atoms with Gasteiger partial charge in [-0.1, -0.05) is 12.1 Å². The number of carbonyl (C=O) groups is 1. The van der Waals surface area contributed by atoms with E-state index in [0.29, 0.717) is 5.56 Å². The van der Waals surface area contributed by atoms with Crippen LogP contribution in [-0.4, -0.2) is 51.0 Å². The Morgan fingerprint density at radius 3 is 2.48 bits per heavy atom. The molecule has 1 aromatic heterocycles. The molecule has 10 nitrogen and oxygen atoms in total. The zero-order chi connectivity index (χ0) is 24.0. The number of methoxy groups -OCH3 is 1. The molecule has 0 radical (unpaired) electrons. The number of phenolic OH excluding ortho intramolecular Hbond substituents is 2. The summed E-state index contributed by atoms with van der Waals surface area (Å²) >= 11 is 0. The molecule has 4 N–H and O–H groups in total. The van der Waals surface area contributed by atoms with Gasteiger partial charge in [0.25, 0.3) is 0 Å². The second kappa shape index (κ2) is 9.89. The second-order valence-electron chi connectivity index (χ2n) is 6.54. The molecule has 3 rings (SSSR count). The molecule has 0 unspecified atom stereocenters. The molecule has 0 saturated carbocycles. The maximum Gasteiger partial charge on any atom is 0.422 e. The van der Waals surface area contributed by atoms with Crippen LogP contribution in [0.1, 0.15) is 15.9 Å². The Bertz CT molecular complexity index is 1140. The fourth-order valence-corrected chi connectivity index (χ4v) is 2.57. The first-order chi connectivity index (χ1) is 15.6. The van der Waals surface area contributed by atoms with Crippen molar-refractivity contribution in [2.45, 2.75) is 12.7 Å². The van der Waals surface area contributed by atoms with Crippen molar-refractivity contribution in [1.82, 2.24) is 15.0 Å². The molecule has 0 amide bonds. The van der Waals surface area contributed by atoms with Crippen LogP contribution in [-0.2, 0) is 11.3 Å². The van der Waals surface area contributed by atoms with Gasteiger partial charge in [0.15, 0.2) is 6.61 Å². The molecule has 0 aliphatic heterocycles. The maximum atomic E-state index is 12.6. The number of carbonyl (C=O) groups excluding carboxylic acids is 1. The largest absolute Gasteiger partial charge is 0.508 e. The summed E-state index contributed by atoms with van der Waals surface area (Å²) in [7, 11) is 1.16. The minimum Gasteiger partial charge on any atom is -0.508 e. The summed E-state index contributed by atoms with van der Waals surface area (Å²) in [4.78, 5) is 23.3. The number of hydrogen-bond donors (Lipinski definition) is 4. The van der Waals surface area contributed by atoms with E-state index in [-0.39, 0.29) is 35.4 Å². The fourth-order valence-electron chi connectivity index (χ4n) is 2.57. The van der Waals surface area contributed by atoms with E-state index in [1.54, 1.807) is 12.1 Å². The van der Waals surface area contributed by atoms with Crippen LogP contribution in [0, 0.1) is 0 Å². The van der Waals surface area contributed by atoms with Gasteiger partial charge in [-0.3, -0.25) is 0 Å². The average Bonchev–Trinajstić information content (AvgIpc) is 2.75. The molecule has 0 saturated heterocycles. The Morgan fingerprint density at radius 1 is 1.06 bits per heavy atom. The lowest BCUT2D eigenvalue weighted by atomic mass is 10.2. The van der Waals surface area contributed by atoms with Crippen LogP contribution in [0.2, 0.25) is 0 Å². The molecule has 174 valence electrons. The lowest BCUT2D eigenvalue weighted by Gasteiger charge is -2.12. The summed E-state index contributed by atoms with van der Waals surface area (Å²) in [5.41, 5.74) is 0.805. The van der Waals surface area contributed by atoms with Gasteiger partial charge in [0.05, 0.1) is 7.11 Å². The number of rotatable bonds is 8. The van der Waals surface area contributed by atoms with Gasteiger partial charge in [-0.15, -0.1) is 0 Å². The summed E-state index contributed by atoms with van der Waals surface area (Å²) in [5, 5.41) is 25.1. The molecule has 33 heavy (non-hydrogen) atoms. The third kappa shape index (κ3) is 6.85. The number of alkyl halides is 3. The second-order valence-corrected chi connectivity index (χ2v) is 6.54. The highest BCUT2D eigenvalue weighted by Gasteiger charge is 2.29. The van der Waals surface area contributed by atoms with Crippen LogP contribution >= 0.6 is 0 Å². The van der Waals surface area contributed by atoms with Crippen molar-refractivity contribution >= 4 is 23.6 Å². The van der Waals surface area contributed by atoms with E-state index in [4.69, 9.17) is 0 Å². The van der Waals surface area contributed by atoms with Crippen LogP contribution in [0.3, 0.4) is 0 Å². The van der Waals surface area contributed by atoms with E-state index in [9.17, 15) is 28.2 Å². The predicted octanol–water partition coefficient (Wildman–Crippen LogP) is 3.37. The fraction of sp³-hybridized carbons (Fsp3) is 0.200. The predicted molar refractivity (Wildman–Crippen MR) is 110 cm³/mol. The van der Waals surface area contributed by atoms with E-state index >= 15 is 0 Å². The molecule has 0 aliphatic carbocycles. The van der Waals surface area contributed by atoms with Gasteiger partial charge in [0.2, 0.25) is 11.9 Å². The minimum absolute atomic E-state index is 0.0386. The number of aromatic nitrogens is 3. The van der Waals surface area contributed by atoms with Crippen molar-refractivity contribution in [3.8, 4) is 17.5 Å². The number of nitrogens with zero attached hydrogens (tertiary/aromatic N) is 3. The Hall–Kier alpha value is -4.29. The van der Waals surface area contributed by atoms with Crippen LogP contribution in [0.5, 0.6) is 17.5 Å². The van der Waals surface area contributed by atoms with Gasteiger partial charge in [-0.25, -0.2) is 4.79 Å². The summed E-state index contributed by atoms with van der Waals surface area (Å²) in [5.74, 6) is -1.40. The van der Waals surface area contributed by atoms with E-state index < -0.39 is 30.5 Å². The van der Waals surface area contributed by atoms with E-state index in [0.717, 1.165) is 7.11 Å². The third-order valence-electron chi connectivity index (χ3n) is 4.00. The Kier molecular flexibility index (Phi) is 7.00. The van der Waals surface area contributed by atoms with Gasteiger partial charge in [-0.2, -0.15) is 28.1 Å². The molecule has 0 aliphatic rings. The van der Waals surface area contributed by atoms with Crippen molar-refractivity contribution in [3.63, 3.8) is 0 Å². The maximum absolute atomic E-state index is 12.6. The first kappa shape index (κ1) is 23.4. The number of anilines is 3. The first-order valence-electron chi connectivity index (χ1n) is 9.29. The molecule has 2 aromatic carbocycles. The normalized spacial score (nSPS) is 11.0. The monoisotopic (exact) mass is 465 g/mol. The Labute approximate surface area is 185 Å². The lowest BCUT2D eigenvalue weighted by molar-refractivity contribution is -0.154. The molecule has 0 fully saturated rings. The van der Waals surface area contributed by atoms with Gasteiger partial charge < -0.3 is 30.3 Å². The standard InChI is InChI=1S/C20H18F3N5O5/c1-32-16(31)14-6-5-12(8-15(14)30)25-18-26-17(24-9-11-3-2-4-13(29)7-11)27-19(28-18)33-10-20(21,22)23/h2-8,29-30H,9-10H2,1H3,(H2,24,25,26,27,28). The number of esters is 1. The van der Waals surface area contributed by atoms with Crippen LogP contribution in [0.25, 0.3) is 0 Å². The molecular weight excluding hydrogens is 447 g/mol. The SMILES string of the molecule is COC(=O)c1ccc(Nc2nc(NCc3cccc(O)c3)nc(OCC(F)(F)F)n2)cc1O. The number of phenols is 2. The van der Waals surface area contributed by atoms with Crippen LogP contribution in [0.4, 0.5) is 30.8 Å². The Morgan fingerprint density at radius 2 is 1.82 bits per heavy atom. The highest BCUT2D eigenvalue weighted by molar-refractivity contribution is 5.93.